The first-order chi connectivity index (χ1) is 11.5. The molecule has 0 aliphatic carbocycles. The second kappa shape index (κ2) is 9.15. The molecule has 0 radical (unpaired) electrons. The molecule has 0 aromatic carbocycles. The fraction of sp³-hybridized carbons (Fsp3) is 0.647. The highest BCUT2D eigenvalue weighted by Gasteiger charge is 2.22. The third kappa shape index (κ3) is 5.03. The van der Waals surface area contributed by atoms with E-state index in [2.05, 4.69) is 10.2 Å². The molecule has 7 heteroatoms. The zero-order valence-electron chi connectivity index (χ0n) is 14.5. The van der Waals surface area contributed by atoms with Gasteiger partial charge in [-0.2, -0.15) is 0 Å². The highest BCUT2D eigenvalue weighted by molar-refractivity contribution is 7.13. The first-order valence-corrected chi connectivity index (χ1v) is 9.37. The Morgan fingerprint density at radius 3 is 2.58 bits per heavy atom. The number of rotatable bonds is 6. The number of carbonyl (C=O) groups excluding carboxylic acids is 2. The van der Waals surface area contributed by atoms with E-state index in [9.17, 15) is 9.59 Å². The van der Waals surface area contributed by atoms with Crippen molar-refractivity contribution >= 4 is 28.8 Å². The van der Waals surface area contributed by atoms with Gasteiger partial charge in [-0.1, -0.05) is 12.8 Å². The van der Waals surface area contributed by atoms with Gasteiger partial charge in [0, 0.05) is 13.6 Å². The zero-order valence-corrected chi connectivity index (χ0v) is 15.3. The van der Waals surface area contributed by atoms with Crippen molar-refractivity contribution in [1.82, 2.24) is 9.80 Å². The van der Waals surface area contributed by atoms with Crippen molar-refractivity contribution in [2.75, 3.05) is 45.2 Å². The van der Waals surface area contributed by atoms with Crippen molar-refractivity contribution in [2.45, 2.75) is 32.6 Å². The monoisotopic (exact) mass is 353 g/mol. The van der Waals surface area contributed by atoms with E-state index in [1.807, 2.05) is 12.3 Å². The predicted octanol–water partition coefficient (Wildman–Crippen LogP) is 1.94. The predicted molar refractivity (Wildman–Crippen MR) is 96.6 cm³/mol. The fourth-order valence-electron chi connectivity index (χ4n) is 2.86. The molecule has 24 heavy (non-hydrogen) atoms. The lowest BCUT2D eigenvalue weighted by Gasteiger charge is -2.20. The van der Waals surface area contributed by atoms with E-state index < -0.39 is 0 Å². The summed E-state index contributed by atoms with van der Waals surface area (Å²) in [5, 5.41) is 13.8. The number of aryl methyl sites for hydroxylation is 1. The lowest BCUT2D eigenvalue weighted by Crippen LogP contribution is -2.34. The van der Waals surface area contributed by atoms with E-state index in [0.29, 0.717) is 17.1 Å². The average Bonchev–Trinajstić information content (AvgIpc) is 2.75. The molecule has 0 spiro atoms. The van der Waals surface area contributed by atoms with E-state index in [1.165, 1.54) is 29.1 Å². The average molecular weight is 353 g/mol. The quantitative estimate of drug-likeness (QED) is 0.820. The number of nitrogens with one attached hydrogen (secondary N) is 1. The van der Waals surface area contributed by atoms with Crippen LogP contribution in [0.5, 0.6) is 0 Å². The maximum absolute atomic E-state index is 12.4. The van der Waals surface area contributed by atoms with Gasteiger partial charge < -0.3 is 15.3 Å². The van der Waals surface area contributed by atoms with E-state index >= 15 is 0 Å². The Morgan fingerprint density at radius 2 is 1.96 bits per heavy atom. The Bertz CT molecular complexity index is 565. The molecule has 0 unspecified atom stereocenters. The molecule has 2 amide bonds. The second-order valence-corrected chi connectivity index (χ2v) is 7.19. The van der Waals surface area contributed by atoms with Crippen LogP contribution in [0.4, 0.5) is 5.69 Å². The number of amides is 2. The number of aliphatic hydroxyl groups is 1. The maximum Gasteiger partial charge on any atom is 0.265 e. The zero-order chi connectivity index (χ0) is 17.5. The van der Waals surface area contributed by atoms with Gasteiger partial charge in [0.1, 0.15) is 4.88 Å². The van der Waals surface area contributed by atoms with Gasteiger partial charge in [-0.25, -0.2) is 0 Å². The molecule has 6 nitrogen and oxygen atoms in total. The third-order valence-corrected chi connectivity index (χ3v) is 5.37. The molecule has 2 N–H and O–H groups in total. The van der Waals surface area contributed by atoms with Crippen molar-refractivity contribution < 1.29 is 14.7 Å². The Morgan fingerprint density at radius 1 is 1.29 bits per heavy atom. The van der Waals surface area contributed by atoms with E-state index in [-0.39, 0.29) is 25.0 Å². The normalized spacial score (nSPS) is 15.8. The number of aliphatic hydroxyl groups excluding tert-OH is 1. The molecule has 0 atom stereocenters. The SMILES string of the molecule is Cc1csc(C(=O)N(C)CCO)c1NC(=O)CN1CCCCCC1. The van der Waals surface area contributed by atoms with Gasteiger partial charge in [0.05, 0.1) is 18.8 Å². The maximum atomic E-state index is 12.4. The number of likely N-dealkylation sites (tertiary alicyclic amines) is 1. The molecule has 1 aliphatic rings. The lowest BCUT2D eigenvalue weighted by molar-refractivity contribution is -0.117. The minimum atomic E-state index is -0.174. The van der Waals surface area contributed by atoms with Crippen LogP contribution in [0.15, 0.2) is 5.38 Å². The van der Waals surface area contributed by atoms with Crippen LogP contribution in [0, 0.1) is 6.92 Å². The minimum Gasteiger partial charge on any atom is -0.395 e. The van der Waals surface area contributed by atoms with E-state index in [1.54, 1.807) is 7.05 Å². The fourth-order valence-corrected chi connectivity index (χ4v) is 3.86. The summed E-state index contributed by atoms with van der Waals surface area (Å²) in [5.41, 5.74) is 1.50. The molecule has 0 saturated carbocycles. The topological polar surface area (TPSA) is 72.9 Å². The number of likely N-dealkylation sites (N-methyl/N-ethyl adjacent to an activating group) is 1. The lowest BCUT2D eigenvalue weighted by atomic mass is 10.2. The minimum absolute atomic E-state index is 0.0720. The smallest absolute Gasteiger partial charge is 0.265 e. The summed E-state index contributed by atoms with van der Waals surface area (Å²) in [6, 6.07) is 0. The van der Waals surface area contributed by atoms with E-state index in [4.69, 9.17) is 5.11 Å². The van der Waals surface area contributed by atoms with Crippen LogP contribution in [-0.4, -0.2) is 66.6 Å². The summed E-state index contributed by atoms with van der Waals surface area (Å²) in [5.74, 6) is -0.246. The van der Waals surface area contributed by atoms with Crippen LogP contribution >= 0.6 is 11.3 Å². The molecule has 2 rings (SSSR count). The van der Waals surface area contributed by atoms with Gasteiger partial charge in [0.2, 0.25) is 5.91 Å². The van der Waals surface area contributed by atoms with Crippen molar-refractivity contribution in [3.8, 4) is 0 Å². The molecule has 2 heterocycles. The second-order valence-electron chi connectivity index (χ2n) is 6.31. The van der Waals surface area contributed by atoms with Crippen LogP contribution in [-0.2, 0) is 4.79 Å². The van der Waals surface area contributed by atoms with Gasteiger partial charge >= 0.3 is 0 Å². The van der Waals surface area contributed by atoms with Crippen molar-refractivity contribution in [3.63, 3.8) is 0 Å². The molecule has 1 fully saturated rings. The van der Waals surface area contributed by atoms with Crippen LogP contribution in [0.1, 0.15) is 40.9 Å². The molecule has 1 aliphatic heterocycles. The standard InChI is InChI=1S/C17H27N3O3S/c1-13-12-24-16(17(23)19(2)9-10-21)15(13)18-14(22)11-20-7-5-3-4-6-8-20/h12,21H,3-11H2,1-2H3,(H,18,22). The van der Waals surface area contributed by atoms with Crippen molar-refractivity contribution in [1.29, 1.82) is 0 Å². The molecule has 1 aromatic rings. The molecular weight excluding hydrogens is 326 g/mol. The summed E-state index contributed by atoms with van der Waals surface area (Å²) in [7, 11) is 1.65. The molecule has 0 bridgehead atoms. The summed E-state index contributed by atoms with van der Waals surface area (Å²) in [6.07, 6.45) is 4.75. The highest BCUT2D eigenvalue weighted by Crippen LogP contribution is 2.28. The summed E-state index contributed by atoms with van der Waals surface area (Å²) < 4.78 is 0. The number of carbonyl (C=O) groups is 2. The number of thiophene rings is 1. The Labute approximate surface area is 147 Å². The summed E-state index contributed by atoms with van der Waals surface area (Å²) >= 11 is 1.33. The summed E-state index contributed by atoms with van der Waals surface area (Å²) in [6.45, 7) is 4.37. The first-order valence-electron chi connectivity index (χ1n) is 8.49. The summed E-state index contributed by atoms with van der Waals surface area (Å²) in [4.78, 5) is 29.0. The van der Waals surface area contributed by atoms with Crippen molar-refractivity contribution in [2.24, 2.45) is 0 Å². The molecule has 1 saturated heterocycles. The molecule has 1 aromatic heterocycles. The van der Waals surface area contributed by atoms with Crippen LogP contribution in [0.3, 0.4) is 0 Å². The highest BCUT2D eigenvalue weighted by atomic mass is 32.1. The van der Waals surface area contributed by atoms with E-state index in [0.717, 1.165) is 31.5 Å². The number of anilines is 1. The third-order valence-electron chi connectivity index (χ3n) is 4.28. The Kier molecular flexibility index (Phi) is 7.20. The number of hydrogen-bond donors (Lipinski definition) is 2. The van der Waals surface area contributed by atoms with Gasteiger partial charge in [-0.15, -0.1) is 11.3 Å². The van der Waals surface area contributed by atoms with Gasteiger partial charge in [-0.05, 0) is 43.8 Å². The van der Waals surface area contributed by atoms with Crippen LogP contribution < -0.4 is 5.32 Å². The van der Waals surface area contributed by atoms with Gasteiger partial charge in [0.15, 0.2) is 0 Å². The number of nitrogens with zero attached hydrogens (tertiary/aromatic N) is 2. The Balaban J connectivity index is 2.02. The van der Waals surface area contributed by atoms with Gasteiger partial charge in [0.25, 0.3) is 5.91 Å². The Hall–Kier alpha value is -1.44. The van der Waals surface area contributed by atoms with Crippen molar-refractivity contribution in [3.05, 3.63) is 15.8 Å². The number of hydrogen-bond acceptors (Lipinski definition) is 5. The largest absolute Gasteiger partial charge is 0.395 e. The molecule has 134 valence electrons. The molecular formula is C17H27N3O3S. The van der Waals surface area contributed by atoms with Crippen LogP contribution in [0.25, 0.3) is 0 Å². The van der Waals surface area contributed by atoms with Crippen LogP contribution in [0.2, 0.25) is 0 Å². The van der Waals surface area contributed by atoms with Gasteiger partial charge in [-0.3, -0.25) is 14.5 Å². The first kappa shape index (κ1) is 18.9.